The maximum atomic E-state index is 13.8. The highest BCUT2D eigenvalue weighted by molar-refractivity contribution is 9.10. The van der Waals surface area contributed by atoms with Gasteiger partial charge in [-0.1, -0.05) is 15.9 Å². The number of esters is 1. The maximum absolute atomic E-state index is 13.8. The molecule has 1 aromatic rings. The Morgan fingerprint density at radius 2 is 2.05 bits per heavy atom. The smallest absolute Gasteiger partial charge is 0.325 e. The molecule has 0 atom stereocenters. The molecule has 0 fully saturated rings. The lowest BCUT2D eigenvalue weighted by Gasteiger charge is -2.26. The highest BCUT2D eigenvalue weighted by Crippen LogP contribution is 2.18. The largest absolute Gasteiger partial charge is 0.465 e. The number of amides is 1. The Kier molecular flexibility index (Phi) is 6.13. The summed E-state index contributed by atoms with van der Waals surface area (Å²) in [6.07, 6.45) is 0. The molecular formula is C14H17BrFNO3. The van der Waals surface area contributed by atoms with Crippen LogP contribution in [-0.2, 0) is 9.53 Å². The van der Waals surface area contributed by atoms with Crippen LogP contribution >= 0.6 is 15.9 Å². The third kappa shape index (κ3) is 4.30. The van der Waals surface area contributed by atoms with E-state index in [1.165, 1.54) is 17.0 Å². The van der Waals surface area contributed by atoms with Crippen molar-refractivity contribution in [2.45, 2.75) is 26.8 Å². The van der Waals surface area contributed by atoms with Crippen LogP contribution in [0.2, 0.25) is 0 Å². The Bertz CT molecular complexity index is 505. The molecule has 0 bridgehead atoms. The third-order valence-electron chi connectivity index (χ3n) is 2.65. The van der Waals surface area contributed by atoms with Gasteiger partial charge >= 0.3 is 5.97 Å². The van der Waals surface area contributed by atoms with E-state index in [0.717, 1.165) is 0 Å². The average molecular weight is 346 g/mol. The molecule has 1 aromatic carbocycles. The van der Waals surface area contributed by atoms with Gasteiger partial charge in [-0.15, -0.1) is 0 Å². The zero-order valence-electron chi connectivity index (χ0n) is 11.7. The minimum Gasteiger partial charge on any atom is -0.465 e. The summed E-state index contributed by atoms with van der Waals surface area (Å²) in [7, 11) is 0. The molecule has 0 heterocycles. The SMILES string of the molecule is CCOC(=O)CN(C(=O)c1ccc(Br)cc1F)C(C)C. The van der Waals surface area contributed by atoms with E-state index in [9.17, 15) is 14.0 Å². The molecule has 1 amide bonds. The van der Waals surface area contributed by atoms with Gasteiger partial charge in [-0.25, -0.2) is 4.39 Å². The van der Waals surface area contributed by atoms with Crippen molar-refractivity contribution < 1.29 is 18.7 Å². The molecule has 0 unspecified atom stereocenters. The second-order valence-corrected chi connectivity index (χ2v) is 5.37. The number of carbonyl (C=O) groups excluding carboxylic acids is 2. The zero-order valence-corrected chi connectivity index (χ0v) is 13.2. The summed E-state index contributed by atoms with van der Waals surface area (Å²) in [6.45, 7) is 5.25. The van der Waals surface area contributed by atoms with Gasteiger partial charge < -0.3 is 9.64 Å². The molecule has 0 saturated carbocycles. The minimum atomic E-state index is -0.626. The fourth-order valence-electron chi connectivity index (χ4n) is 1.65. The number of rotatable bonds is 5. The van der Waals surface area contributed by atoms with E-state index in [2.05, 4.69) is 15.9 Å². The number of hydrogen-bond acceptors (Lipinski definition) is 3. The van der Waals surface area contributed by atoms with Gasteiger partial charge in [0.25, 0.3) is 5.91 Å². The molecule has 4 nitrogen and oxygen atoms in total. The quantitative estimate of drug-likeness (QED) is 0.770. The van der Waals surface area contributed by atoms with Gasteiger partial charge in [-0.2, -0.15) is 0 Å². The second-order valence-electron chi connectivity index (χ2n) is 4.46. The monoisotopic (exact) mass is 345 g/mol. The number of nitrogens with zero attached hydrogens (tertiary/aromatic N) is 1. The molecule has 0 aromatic heterocycles. The molecular weight excluding hydrogens is 329 g/mol. The van der Waals surface area contributed by atoms with Gasteiger partial charge in [0.15, 0.2) is 0 Å². The van der Waals surface area contributed by atoms with E-state index >= 15 is 0 Å². The predicted molar refractivity (Wildman–Crippen MR) is 76.9 cm³/mol. The first-order valence-electron chi connectivity index (χ1n) is 6.28. The summed E-state index contributed by atoms with van der Waals surface area (Å²) in [5.41, 5.74) is -0.0637. The highest BCUT2D eigenvalue weighted by atomic mass is 79.9. The van der Waals surface area contributed by atoms with Crippen LogP contribution in [0.3, 0.4) is 0 Å². The summed E-state index contributed by atoms with van der Waals surface area (Å²) in [5.74, 6) is -1.66. The fourth-order valence-corrected chi connectivity index (χ4v) is 1.99. The van der Waals surface area contributed by atoms with Crippen molar-refractivity contribution in [1.29, 1.82) is 0 Å². The summed E-state index contributed by atoms with van der Waals surface area (Å²) in [4.78, 5) is 25.1. The van der Waals surface area contributed by atoms with Crippen molar-refractivity contribution in [3.63, 3.8) is 0 Å². The summed E-state index contributed by atoms with van der Waals surface area (Å²) >= 11 is 3.13. The van der Waals surface area contributed by atoms with Gasteiger partial charge in [0, 0.05) is 10.5 Å². The molecule has 0 radical (unpaired) electrons. The second kappa shape index (κ2) is 7.38. The van der Waals surface area contributed by atoms with E-state index in [-0.39, 0.29) is 24.8 Å². The van der Waals surface area contributed by atoms with E-state index < -0.39 is 17.7 Å². The number of benzene rings is 1. The highest BCUT2D eigenvalue weighted by Gasteiger charge is 2.24. The van der Waals surface area contributed by atoms with Crippen LogP contribution < -0.4 is 0 Å². The average Bonchev–Trinajstić information content (AvgIpc) is 2.35. The van der Waals surface area contributed by atoms with Gasteiger partial charge in [0.2, 0.25) is 0 Å². The van der Waals surface area contributed by atoms with E-state index in [1.54, 1.807) is 26.8 Å². The minimum absolute atomic E-state index is 0.0637. The Hall–Kier alpha value is -1.43. The Balaban J connectivity index is 2.96. The molecule has 20 heavy (non-hydrogen) atoms. The van der Waals surface area contributed by atoms with Crippen LogP contribution in [0.25, 0.3) is 0 Å². The topological polar surface area (TPSA) is 46.6 Å². The van der Waals surface area contributed by atoms with Crippen molar-refractivity contribution in [2.75, 3.05) is 13.2 Å². The molecule has 1 rings (SSSR count). The standard InChI is InChI=1S/C14H17BrFNO3/c1-4-20-13(18)8-17(9(2)3)14(19)11-6-5-10(15)7-12(11)16/h5-7,9H,4,8H2,1-3H3. The predicted octanol–water partition coefficient (Wildman–Crippen LogP) is 3.00. The number of hydrogen-bond donors (Lipinski definition) is 0. The van der Waals surface area contributed by atoms with Crippen molar-refractivity contribution in [3.8, 4) is 0 Å². The Labute approximate surface area is 126 Å². The van der Waals surface area contributed by atoms with Crippen LogP contribution in [0.5, 0.6) is 0 Å². The first-order chi connectivity index (χ1) is 9.36. The zero-order chi connectivity index (χ0) is 15.3. The molecule has 0 aliphatic heterocycles. The molecule has 6 heteroatoms. The summed E-state index contributed by atoms with van der Waals surface area (Å²) < 4.78 is 19.2. The van der Waals surface area contributed by atoms with Crippen molar-refractivity contribution in [1.82, 2.24) is 4.90 Å². The lowest BCUT2D eigenvalue weighted by Crippen LogP contribution is -2.41. The molecule has 110 valence electrons. The van der Waals surface area contributed by atoms with Crippen LogP contribution in [0.4, 0.5) is 4.39 Å². The van der Waals surface area contributed by atoms with Crippen LogP contribution in [-0.4, -0.2) is 36.0 Å². The number of halogens is 2. The first-order valence-corrected chi connectivity index (χ1v) is 7.07. The molecule has 0 N–H and O–H groups in total. The molecule has 0 saturated heterocycles. The number of ether oxygens (including phenoxy) is 1. The van der Waals surface area contributed by atoms with Gasteiger partial charge in [-0.05, 0) is 39.0 Å². The Morgan fingerprint density at radius 1 is 1.40 bits per heavy atom. The molecule has 0 aliphatic rings. The van der Waals surface area contributed by atoms with E-state index in [4.69, 9.17) is 4.74 Å². The van der Waals surface area contributed by atoms with Crippen molar-refractivity contribution in [2.24, 2.45) is 0 Å². The maximum Gasteiger partial charge on any atom is 0.325 e. The number of carbonyl (C=O) groups is 2. The summed E-state index contributed by atoms with van der Waals surface area (Å²) in [6, 6.07) is 3.95. The lowest BCUT2D eigenvalue weighted by atomic mass is 10.1. The normalized spacial score (nSPS) is 10.5. The molecule has 0 aliphatic carbocycles. The Morgan fingerprint density at radius 3 is 2.55 bits per heavy atom. The summed E-state index contributed by atoms with van der Waals surface area (Å²) in [5, 5.41) is 0. The van der Waals surface area contributed by atoms with E-state index in [0.29, 0.717) is 4.47 Å². The van der Waals surface area contributed by atoms with Crippen LogP contribution in [0.1, 0.15) is 31.1 Å². The fraction of sp³-hybridized carbons (Fsp3) is 0.429. The first kappa shape index (κ1) is 16.6. The van der Waals surface area contributed by atoms with Crippen LogP contribution in [0.15, 0.2) is 22.7 Å². The van der Waals surface area contributed by atoms with Gasteiger partial charge in [0.1, 0.15) is 12.4 Å². The van der Waals surface area contributed by atoms with Crippen molar-refractivity contribution >= 4 is 27.8 Å². The van der Waals surface area contributed by atoms with E-state index in [1.807, 2.05) is 0 Å². The van der Waals surface area contributed by atoms with Crippen molar-refractivity contribution in [3.05, 3.63) is 34.1 Å². The van der Waals surface area contributed by atoms with Crippen LogP contribution in [0, 0.1) is 5.82 Å². The van der Waals surface area contributed by atoms with Gasteiger partial charge in [0.05, 0.1) is 12.2 Å². The third-order valence-corrected chi connectivity index (χ3v) is 3.14. The van der Waals surface area contributed by atoms with Gasteiger partial charge in [-0.3, -0.25) is 9.59 Å². The lowest BCUT2D eigenvalue weighted by molar-refractivity contribution is -0.144. The molecule has 0 spiro atoms.